The molecule has 2 atom stereocenters. The summed E-state index contributed by atoms with van der Waals surface area (Å²) < 4.78 is 24.8. The number of aryl methyl sites for hydroxylation is 1. The second-order valence-electron chi connectivity index (χ2n) is 16.4. The normalized spacial score (nSPS) is 12.7. The van der Waals surface area contributed by atoms with E-state index >= 15 is 0 Å². The Kier molecular flexibility index (Phi) is 17.0. The van der Waals surface area contributed by atoms with Gasteiger partial charge in [0.15, 0.2) is 0 Å². The zero-order valence-corrected chi connectivity index (χ0v) is 38.6. The Labute approximate surface area is 402 Å². The number of carbonyl (C=O) groups is 2. The molecule has 350 valence electrons. The summed E-state index contributed by atoms with van der Waals surface area (Å²) in [5.41, 5.74) is 3.57. The highest BCUT2D eigenvalue weighted by Crippen LogP contribution is 2.38. The standard InChI is InChI=1S/C51H47Cl2N5O10/c1-50(30-59,48(61)62)11-10-39-16-42(52)46(18-44(39)65-29-36-15-41(55-3)25-57-23-36)67-26-32-6-4-8-37(13-32)38-9-5-7-33(14-38)27-68-47-19-45(66-28-35-12-34(20-54)21-56-22-35)40(17-43(47)53)24-58-51(2,31-60)49(63)64/h4-9,12-19,21-23,25,58-60H,10-11,24,26-31H2,1-2H3,(H,61,62)(H,63,64)/t50-,51+/m0/s1. The molecule has 0 aliphatic carbocycles. The molecule has 0 aliphatic rings. The number of nitriles is 1. The number of halogens is 2. The molecular weight excluding hydrogens is 913 g/mol. The van der Waals surface area contributed by atoms with Crippen molar-refractivity contribution in [2.75, 3.05) is 13.2 Å². The third kappa shape index (κ3) is 13.0. The first-order valence-electron chi connectivity index (χ1n) is 21.1. The first kappa shape index (κ1) is 50.2. The quantitative estimate of drug-likeness (QED) is 0.0379. The van der Waals surface area contributed by atoms with Crippen molar-refractivity contribution in [3.8, 4) is 40.2 Å². The number of nitrogens with one attached hydrogen (secondary N) is 1. The largest absolute Gasteiger partial charge is 0.488 e. The van der Waals surface area contributed by atoms with Gasteiger partial charge < -0.3 is 39.4 Å². The Morgan fingerprint density at radius 2 is 1.22 bits per heavy atom. The molecule has 6 aromatic rings. The highest BCUT2D eigenvalue weighted by molar-refractivity contribution is 6.32. The maximum Gasteiger partial charge on any atom is 0.326 e. The van der Waals surface area contributed by atoms with Crippen molar-refractivity contribution in [1.29, 1.82) is 5.26 Å². The minimum Gasteiger partial charge on any atom is -0.488 e. The van der Waals surface area contributed by atoms with Gasteiger partial charge in [-0.2, -0.15) is 5.26 Å². The van der Waals surface area contributed by atoms with Gasteiger partial charge in [0.1, 0.15) is 61.0 Å². The molecule has 5 N–H and O–H groups in total. The van der Waals surface area contributed by atoms with Crippen molar-refractivity contribution in [3.63, 3.8) is 0 Å². The molecule has 15 nitrogen and oxygen atoms in total. The molecule has 2 aromatic heterocycles. The summed E-state index contributed by atoms with van der Waals surface area (Å²) in [4.78, 5) is 35.4. The molecule has 0 unspecified atom stereocenters. The highest BCUT2D eigenvalue weighted by Gasteiger charge is 2.33. The van der Waals surface area contributed by atoms with Crippen LogP contribution in [0, 0.1) is 23.3 Å². The van der Waals surface area contributed by atoms with Crippen molar-refractivity contribution in [3.05, 3.63) is 170 Å². The van der Waals surface area contributed by atoms with Crippen molar-refractivity contribution in [2.45, 2.75) is 65.2 Å². The number of hydrogen-bond donors (Lipinski definition) is 5. The lowest BCUT2D eigenvalue weighted by Crippen LogP contribution is -2.52. The molecule has 17 heteroatoms. The van der Waals surface area contributed by atoms with Gasteiger partial charge in [-0.05, 0) is 96.5 Å². The predicted octanol–water partition coefficient (Wildman–Crippen LogP) is 9.13. The average Bonchev–Trinajstić information content (AvgIpc) is 3.35. The number of rotatable bonds is 23. The van der Waals surface area contributed by atoms with E-state index in [2.05, 4.69) is 26.2 Å². The number of carboxylic acid groups (broad SMARTS) is 2. The highest BCUT2D eigenvalue weighted by atomic mass is 35.5. The molecule has 0 amide bonds. The van der Waals surface area contributed by atoms with Gasteiger partial charge >= 0.3 is 11.9 Å². The smallest absolute Gasteiger partial charge is 0.326 e. The van der Waals surface area contributed by atoms with E-state index in [1.807, 2.05) is 48.5 Å². The Balaban J connectivity index is 1.17. The number of aliphatic hydroxyl groups excluding tert-OH is 2. The number of aromatic nitrogens is 2. The maximum atomic E-state index is 11.9. The molecule has 0 aliphatic heterocycles. The fourth-order valence-corrected chi connectivity index (χ4v) is 7.18. The number of aliphatic carboxylic acids is 2. The summed E-state index contributed by atoms with van der Waals surface area (Å²) >= 11 is 13.5. The van der Waals surface area contributed by atoms with Crippen molar-refractivity contribution < 1.29 is 49.0 Å². The SMILES string of the molecule is [C-]#[N+]c1cncc(COc2cc(OCc3cccc(-c4cccc(COc5cc(OCc6cncc(C#N)c6)c(CN[C@](C)(CO)C(=O)O)cc5Cl)c4)c3)c(Cl)cc2CC[C@@](C)(CO)C(=O)O)c1. The number of carboxylic acids is 2. The maximum absolute atomic E-state index is 11.9. The Bertz CT molecular complexity index is 2680. The summed E-state index contributed by atoms with van der Waals surface area (Å²) in [5, 5.41) is 51.8. The van der Waals surface area contributed by atoms with E-state index in [-0.39, 0.29) is 55.9 Å². The molecule has 6 rings (SSSR count). The molecular formula is C51H47Cl2N5O10. The van der Waals surface area contributed by atoms with Crippen LogP contribution < -0.4 is 24.3 Å². The van der Waals surface area contributed by atoms with Gasteiger partial charge in [0.2, 0.25) is 5.69 Å². The summed E-state index contributed by atoms with van der Waals surface area (Å²) in [5.74, 6) is -0.995. The van der Waals surface area contributed by atoms with Crippen LogP contribution in [0.4, 0.5) is 5.69 Å². The third-order valence-corrected chi connectivity index (χ3v) is 11.7. The van der Waals surface area contributed by atoms with Crippen LogP contribution in [0.3, 0.4) is 0 Å². The minimum atomic E-state index is -1.63. The van der Waals surface area contributed by atoms with Crippen molar-refractivity contribution in [1.82, 2.24) is 15.3 Å². The Morgan fingerprint density at radius 3 is 1.75 bits per heavy atom. The summed E-state index contributed by atoms with van der Waals surface area (Å²) in [6.45, 7) is 9.30. The fourth-order valence-electron chi connectivity index (χ4n) is 6.70. The lowest BCUT2D eigenvalue weighted by atomic mass is 9.85. The van der Waals surface area contributed by atoms with E-state index in [0.29, 0.717) is 56.5 Å². The van der Waals surface area contributed by atoms with E-state index < -0.39 is 36.1 Å². The van der Waals surface area contributed by atoms with Crippen LogP contribution in [0.15, 0.2) is 110 Å². The van der Waals surface area contributed by atoms with E-state index in [1.54, 1.807) is 48.8 Å². The second-order valence-corrected chi connectivity index (χ2v) is 17.2. The molecule has 0 radical (unpaired) electrons. The Morgan fingerprint density at radius 1 is 0.691 bits per heavy atom. The zero-order chi connectivity index (χ0) is 48.8. The number of aliphatic hydroxyl groups is 2. The average molecular weight is 961 g/mol. The van der Waals surface area contributed by atoms with Gasteiger partial charge in [0, 0.05) is 54.6 Å². The van der Waals surface area contributed by atoms with Gasteiger partial charge in [-0.1, -0.05) is 59.6 Å². The fraction of sp³-hybridized carbons (Fsp3) is 0.255. The number of pyridine rings is 2. The van der Waals surface area contributed by atoms with Gasteiger partial charge in [-0.15, -0.1) is 0 Å². The van der Waals surface area contributed by atoms with Crippen LogP contribution in [0.1, 0.15) is 59.2 Å². The molecule has 0 spiro atoms. The first-order valence-corrected chi connectivity index (χ1v) is 21.8. The van der Waals surface area contributed by atoms with Crippen LogP contribution >= 0.6 is 23.2 Å². The molecule has 0 fully saturated rings. The molecule has 0 saturated heterocycles. The van der Waals surface area contributed by atoms with E-state index in [9.17, 15) is 35.3 Å². The van der Waals surface area contributed by atoms with Crippen molar-refractivity contribution >= 4 is 40.8 Å². The van der Waals surface area contributed by atoms with Crippen LogP contribution in [0.25, 0.3) is 16.0 Å². The van der Waals surface area contributed by atoms with Gasteiger partial charge in [0.25, 0.3) is 0 Å². The van der Waals surface area contributed by atoms with E-state index in [1.165, 1.54) is 26.2 Å². The summed E-state index contributed by atoms with van der Waals surface area (Å²) in [6.07, 6.45) is 6.39. The first-order chi connectivity index (χ1) is 32.6. The van der Waals surface area contributed by atoms with Crippen LogP contribution in [0.2, 0.25) is 10.0 Å². The molecule has 2 heterocycles. The van der Waals surface area contributed by atoms with E-state index in [4.69, 9.17) is 48.7 Å². The number of ether oxygens (including phenoxy) is 4. The number of benzene rings is 4. The van der Waals surface area contributed by atoms with Crippen LogP contribution in [0.5, 0.6) is 23.0 Å². The second kappa shape index (κ2) is 23.0. The summed E-state index contributed by atoms with van der Waals surface area (Å²) in [7, 11) is 0. The van der Waals surface area contributed by atoms with Crippen LogP contribution in [-0.4, -0.2) is 61.1 Å². The van der Waals surface area contributed by atoms with Crippen molar-refractivity contribution in [2.24, 2.45) is 5.41 Å². The monoisotopic (exact) mass is 959 g/mol. The predicted molar refractivity (Wildman–Crippen MR) is 253 cm³/mol. The lowest BCUT2D eigenvalue weighted by Gasteiger charge is -2.25. The third-order valence-electron chi connectivity index (χ3n) is 11.1. The zero-order valence-electron chi connectivity index (χ0n) is 37.0. The molecule has 0 saturated carbocycles. The topological polar surface area (TPSA) is 218 Å². The molecule has 68 heavy (non-hydrogen) atoms. The number of nitrogens with zero attached hydrogens (tertiary/aromatic N) is 4. The van der Waals surface area contributed by atoms with Crippen LogP contribution in [-0.2, 0) is 49.0 Å². The Hall–Kier alpha value is -7.24. The minimum absolute atomic E-state index is 0.0167. The molecule has 0 bridgehead atoms. The molecule has 4 aromatic carbocycles. The number of hydrogen-bond acceptors (Lipinski definition) is 12. The van der Waals surface area contributed by atoms with E-state index in [0.717, 1.165) is 22.3 Å². The summed E-state index contributed by atoms with van der Waals surface area (Å²) in [6, 6.07) is 27.4. The van der Waals surface area contributed by atoms with Gasteiger partial charge in [-0.25, -0.2) is 4.85 Å². The van der Waals surface area contributed by atoms with Gasteiger partial charge in [-0.3, -0.25) is 24.9 Å². The lowest BCUT2D eigenvalue weighted by molar-refractivity contribution is -0.150. The van der Waals surface area contributed by atoms with Gasteiger partial charge in [0.05, 0.1) is 40.8 Å².